The van der Waals surface area contributed by atoms with Crippen LogP contribution in [-0.4, -0.2) is 41.4 Å². The standard InChI is InChI=1S/C27H28ClN3O4/c1-33-27(32)21-14-29-24(13-23(21)28)31-18-9-10-19(31)12-20(11-18)34-15-22-25(16-5-3-2-4-6-16)30-35-26(22)17-7-8-17/h2-6,13-14,17-20H,7-12,15H2,1H3/t18-,19?,20?/m0/s1. The molecule has 8 heteroatoms. The number of esters is 1. The molecular weight excluding hydrogens is 466 g/mol. The van der Waals surface area contributed by atoms with Gasteiger partial charge in [0.2, 0.25) is 0 Å². The molecule has 3 aliphatic rings. The molecule has 2 saturated heterocycles. The quantitative estimate of drug-likeness (QED) is 0.386. The van der Waals surface area contributed by atoms with Crippen molar-refractivity contribution in [2.24, 2.45) is 0 Å². The fourth-order valence-corrected chi connectivity index (χ4v) is 5.83. The van der Waals surface area contributed by atoms with Crippen LogP contribution in [0.1, 0.15) is 66.1 Å². The Morgan fingerprint density at radius 1 is 1.14 bits per heavy atom. The number of pyridine rings is 1. The van der Waals surface area contributed by atoms with Gasteiger partial charge in [-0.3, -0.25) is 0 Å². The first-order valence-corrected chi connectivity index (χ1v) is 12.7. The first-order valence-electron chi connectivity index (χ1n) is 12.3. The summed E-state index contributed by atoms with van der Waals surface area (Å²) in [5, 5.41) is 4.79. The number of hydrogen-bond donors (Lipinski definition) is 0. The van der Waals surface area contributed by atoms with Crippen molar-refractivity contribution < 1.29 is 18.8 Å². The van der Waals surface area contributed by atoms with E-state index in [1.807, 2.05) is 18.2 Å². The number of hydrogen-bond acceptors (Lipinski definition) is 7. The van der Waals surface area contributed by atoms with Gasteiger partial charge in [0, 0.05) is 41.4 Å². The van der Waals surface area contributed by atoms with E-state index in [4.69, 9.17) is 25.6 Å². The topological polar surface area (TPSA) is 77.7 Å². The number of carbonyl (C=O) groups is 1. The van der Waals surface area contributed by atoms with Gasteiger partial charge in [0.05, 0.1) is 30.4 Å². The number of benzene rings is 1. The van der Waals surface area contributed by atoms with Crippen LogP contribution in [0.4, 0.5) is 5.82 Å². The van der Waals surface area contributed by atoms with Crippen LogP contribution in [0.5, 0.6) is 0 Å². The fraction of sp³-hybridized carbons (Fsp3) is 0.444. The number of ether oxygens (including phenoxy) is 2. The third kappa shape index (κ3) is 4.32. The van der Waals surface area contributed by atoms with E-state index in [1.165, 1.54) is 13.3 Å². The molecule has 1 saturated carbocycles. The summed E-state index contributed by atoms with van der Waals surface area (Å²) in [6.45, 7) is 0.515. The van der Waals surface area contributed by atoms with E-state index in [9.17, 15) is 4.79 Å². The molecule has 3 fully saturated rings. The highest BCUT2D eigenvalue weighted by Gasteiger charge is 2.42. The SMILES string of the molecule is COC(=O)c1cnc(N2C3CC[C@H]2CC(OCc2c(-c4ccccc4)noc2C2CC2)C3)cc1Cl. The predicted octanol–water partition coefficient (Wildman–Crippen LogP) is 5.77. The van der Waals surface area contributed by atoms with Gasteiger partial charge in [-0.1, -0.05) is 47.1 Å². The third-order valence-electron chi connectivity index (χ3n) is 7.48. The maximum atomic E-state index is 11.9. The Morgan fingerprint density at radius 2 is 1.89 bits per heavy atom. The summed E-state index contributed by atoms with van der Waals surface area (Å²) >= 11 is 6.38. The van der Waals surface area contributed by atoms with Crippen molar-refractivity contribution in [1.29, 1.82) is 0 Å². The molecule has 3 atom stereocenters. The van der Waals surface area contributed by atoms with Crippen molar-refractivity contribution in [2.75, 3.05) is 12.0 Å². The van der Waals surface area contributed by atoms with E-state index < -0.39 is 5.97 Å². The Morgan fingerprint density at radius 3 is 2.54 bits per heavy atom. The number of anilines is 1. The Kier molecular flexibility index (Phi) is 5.98. The molecule has 2 unspecified atom stereocenters. The number of piperidine rings is 1. The molecule has 4 heterocycles. The van der Waals surface area contributed by atoms with Crippen LogP contribution in [0.15, 0.2) is 47.1 Å². The number of aromatic nitrogens is 2. The van der Waals surface area contributed by atoms with Crippen LogP contribution < -0.4 is 4.90 Å². The summed E-state index contributed by atoms with van der Waals surface area (Å²) in [5.41, 5.74) is 3.35. The minimum Gasteiger partial charge on any atom is -0.465 e. The monoisotopic (exact) mass is 493 g/mol. The molecule has 182 valence electrons. The molecule has 1 aliphatic carbocycles. The van der Waals surface area contributed by atoms with E-state index >= 15 is 0 Å². The molecule has 35 heavy (non-hydrogen) atoms. The third-order valence-corrected chi connectivity index (χ3v) is 7.79. The zero-order valence-electron chi connectivity index (χ0n) is 19.7. The summed E-state index contributed by atoms with van der Waals surface area (Å²) in [5.74, 6) is 1.81. The number of carbonyl (C=O) groups excluding carboxylic acids is 1. The zero-order chi connectivity index (χ0) is 23.9. The smallest absolute Gasteiger partial charge is 0.340 e. The first kappa shape index (κ1) is 22.6. The second-order valence-corrected chi connectivity index (χ2v) is 10.1. The average molecular weight is 494 g/mol. The Labute approximate surface area is 209 Å². The molecule has 0 radical (unpaired) electrons. The van der Waals surface area contributed by atoms with Crippen molar-refractivity contribution in [3.05, 3.63) is 64.5 Å². The largest absolute Gasteiger partial charge is 0.465 e. The Bertz CT molecular complexity index is 1210. The Balaban J connectivity index is 1.16. The zero-order valence-corrected chi connectivity index (χ0v) is 20.4. The normalized spacial score (nSPS) is 23.5. The van der Waals surface area contributed by atoms with E-state index in [0.29, 0.717) is 29.6 Å². The highest BCUT2D eigenvalue weighted by molar-refractivity contribution is 6.33. The van der Waals surface area contributed by atoms with Crippen molar-refractivity contribution in [2.45, 2.75) is 69.2 Å². The minimum atomic E-state index is -0.474. The molecule has 2 aliphatic heterocycles. The molecule has 1 aromatic carbocycles. The van der Waals surface area contributed by atoms with Crippen molar-refractivity contribution in [1.82, 2.24) is 10.1 Å². The van der Waals surface area contributed by atoms with Gasteiger partial charge in [-0.05, 0) is 38.5 Å². The molecule has 7 nitrogen and oxygen atoms in total. The molecule has 0 spiro atoms. The van der Waals surface area contributed by atoms with Gasteiger partial charge in [0.25, 0.3) is 0 Å². The first-order chi connectivity index (χ1) is 17.1. The summed E-state index contributed by atoms with van der Waals surface area (Å²) in [6, 6.07) is 12.7. The Hall–Kier alpha value is -2.90. The lowest BCUT2D eigenvalue weighted by molar-refractivity contribution is 0.0146. The molecule has 3 aromatic rings. The summed E-state index contributed by atoms with van der Waals surface area (Å²) in [6.07, 6.45) is 8.04. The number of nitrogens with zero attached hydrogens (tertiary/aromatic N) is 3. The molecule has 0 N–H and O–H groups in total. The van der Waals surface area contributed by atoms with Gasteiger partial charge in [-0.15, -0.1) is 0 Å². The minimum absolute atomic E-state index is 0.166. The second-order valence-electron chi connectivity index (χ2n) is 9.72. The molecular formula is C27H28ClN3O4. The van der Waals surface area contributed by atoms with Gasteiger partial charge >= 0.3 is 5.97 Å². The van der Waals surface area contributed by atoms with Crippen molar-refractivity contribution in [3.8, 4) is 11.3 Å². The van der Waals surface area contributed by atoms with Gasteiger partial charge in [0.15, 0.2) is 0 Å². The highest BCUT2D eigenvalue weighted by atomic mass is 35.5. The average Bonchev–Trinajstić information content (AvgIpc) is 3.58. The molecule has 6 rings (SSSR count). The van der Waals surface area contributed by atoms with Gasteiger partial charge in [-0.25, -0.2) is 9.78 Å². The summed E-state index contributed by atoms with van der Waals surface area (Å²) in [7, 11) is 1.34. The number of halogens is 1. The maximum Gasteiger partial charge on any atom is 0.340 e. The molecule has 2 aromatic heterocycles. The predicted molar refractivity (Wildman–Crippen MR) is 132 cm³/mol. The second kappa shape index (κ2) is 9.28. The van der Waals surface area contributed by atoms with E-state index in [2.05, 4.69) is 27.2 Å². The van der Waals surface area contributed by atoms with E-state index in [-0.39, 0.29) is 11.7 Å². The van der Waals surface area contributed by atoms with Gasteiger partial charge in [-0.2, -0.15) is 0 Å². The number of fused-ring (bicyclic) bond motifs is 2. The van der Waals surface area contributed by atoms with Crippen LogP contribution in [0, 0.1) is 0 Å². The van der Waals surface area contributed by atoms with E-state index in [0.717, 1.165) is 66.9 Å². The summed E-state index contributed by atoms with van der Waals surface area (Å²) < 4.78 is 17.1. The highest BCUT2D eigenvalue weighted by Crippen LogP contribution is 2.45. The van der Waals surface area contributed by atoms with Crippen LogP contribution in [0.2, 0.25) is 5.02 Å². The number of rotatable bonds is 7. The summed E-state index contributed by atoms with van der Waals surface area (Å²) in [4.78, 5) is 18.8. The van der Waals surface area contributed by atoms with Crippen LogP contribution >= 0.6 is 11.6 Å². The van der Waals surface area contributed by atoms with Crippen LogP contribution in [-0.2, 0) is 16.1 Å². The maximum absolute atomic E-state index is 11.9. The van der Waals surface area contributed by atoms with Gasteiger partial charge < -0.3 is 18.9 Å². The van der Waals surface area contributed by atoms with Crippen molar-refractivity contribution >= 4 is 23.4 Å². The molecule has 2 bridgehead atoms. The van der Waals surface area contributed by atoms with E-state index in [1.54, 1.807) is 6.07 Å². The van der Waals surface area contributed by atoms with Crippen LogP contribution in [0.25, 0.3) is 11.3 Å². The van der Waals surface area contributed by atoms with Gasteiger partial charge in [0.1, 0.15) is 17.3 Å². The van der Waals surface area contributed by atoms with Crippen molar-refractivity contribution in [3.63, 3.8) is 0 Å². The lowest BCUT2D eigenvalue weighted by atomic mass is 9.99. The lowest BCUT2D eigenvalue weighted by Gasteiger charge is -2.39. The number of methoxy groups -OCH3 is 1. The van der Waals surface area contributed by atoms with Crippen LogP contribution in [0.3, 0.4) is 0 Å². The fourth-order valence-electron chi connectivity index (χ4n) is 5.61. The molecule has 0 amide bonds. The lowest BCUT2D eigenvalue weighted by Crippen LogP contribution is -2.46.